The summed E-state index contributed by atoms with van der Waals surface area (Å²) in [5.74, 6) is 0.0355. The minimum absolute atomic E-state index is 0.0355. The Morgan fingerprint density at radius 1 is 1.44 bits per heavy atom. The third-order valence-corrected chi connectivity index (χ3v) is 3.76. The van der Waals surface area contributed by atoms with Gasteiger partial charge in [0.05, 0.1) is 11.9 Å². The molecule has 1 saturated heterocycles. The molecule has 7 heteroatoms. The Morgan fingerprint density at radius 2 is 2.17 bits per heavy atom. The van der Waals surface area contributed by atoms with Gasteiger partial charge in [0.25, 0.3) is 0 Å². The molecule has 1 N–H and O–H groups in total. The maximum Gasteiger partial charge on any atom is 0.229 e. The van der Waals surface area contributed by atoms with Crippen LogP contribution in [0, 0.1) is 0 Å². The van der Waals surface area contributed by atoms with Gasteiger partial charge in [0.15, 0.2) is 0 Å². The Labute approximate surface area is 114 Å². The van der Waals surface area contributed by atoms with Crippen molar-refractivity contribution < 1.29 is 13.2 Å². The van der Waals surface area contributed by atoms with E-state index in [0.29, 0.717) is 24.3 Å². The highest BCUT2D eigenvalue weighted by molar-refractivity contribution is 9.09. The number of rotatable bonds is 3. The summed E-state index contributed by atoms with van der Waals surface area (Å²) in [7, 11) is -3.30. The largest absolute Gasteiger partial charge is 0.311 e. The van der Waals surface area contributed by atoms with E-state index in [2.05, 4.69) is 20.7 Å². The average Bonchev–Trinajstić information content (AvgIpc) is 2.55. The summed E-state index contributed by atoms with van der Waals surface area (Å²) in [6, 6.07) is 6.81. The van der Waals surface area contributed by atoms with E-state index in [1.165, 1.54) is 0 Å². The van der Waals surface area contributed by atoms with E-state index in [1.807, 2.05) is 0 Å². The zero-order chi connectivity index (χ0) is 13.3. The lowest BCUT2D eigenvalue weighted by molar-refractivity contribution is -0.117. The molecular formula is C11H13BrN2O3S. The number of sulfonamides is 1. The van der Waals surface area contributed by atoms with E-state index in [9.17, 15) is 13.2 Å². The fraction of sp³-hybridized carbons (Fsp3) is 0.364. The standard InChI is InChI=1S/C11H13BrN2O3S/c1-18(16,17)13-9-3-2-4-10(6-9)14-7-8(12)5-11(14)15/h2-4,6,8,13H,5,7H2,1H3. The molecule has 1 amide bonds. The van der Waals surface area contributed by atoms with Gasteiger partial charge in [-0.25, -0.2) is 8.42 Å². The number of carbonyl (C=O) groups is 1. The summed E-state index contributed by atoms with van der Waals surface area (Å²) in [6.45, 7) is 0.598. The number of hydrogen-bond acceptors (Lipinski definition) is 3. The number of carbonyl (C=O) groups excluding carboxylic acids is 1. The van der Waals surface area contributed by atoms with Crippen LogP contribution in [0.25, 0.3) is 0 Å². The smallest absolute Gasteiger partial charge is 0.229 e. The second-order valence-corrected chi connectivity index (χ2v) is 7.27. The second kappa shape index (κ2) is 4.89. The lowest BCUT2D eigenvalue weighted by atomic mass is 10.2. The monoisotopic (exact) mass is 332 g/mol. The number of amides is 1. The number of halogens is 1. The Balaban J connectivity index is 2.25. The zero-order valence-electron chi connectivity index (χ0n) is 9.76. The van der Waals surface area contributed by atoms with Gasteiger partial charge in [-0.15, -0.1) is 0 Å². The normalized spacial score (nSPS) is 20.2. The molecule has 5 nitrogen and oxygen atoms in total. The first-order valence-corrected chi connectivity index (χ1v) is 8.18. The number of nitrogens with one attached hydrogen (secondary N) is 1. The van der Waals surface area contributed by atoms with Crippen LogP contribution in [0.4, 0.5) is 11.4 Å². The molecule has 1 aliphatic rings. The van der Waals surface area contributed by atoms with Crippen molar-refractivity contribution in [3.8, 4) is 0 Å². The van der Waals surface area contributed by atoms with Crippen LogP contribution in [0.5, 0.6) is 0 Å². The number of benzene rings is 1. The van der Waals surface area contributed by atoms with Gasteiger partial charge in [-0.3, -0.25) is 9.52 Å². The summed E-state index contributed by atoms with van der Waals surface area (Å²) >= 11 is 3.41. The zero-order valence-corrected chi connectivity index (χ0v) is 12.2. The van der Waals surface area contributed by atoms with Crippen LogP contribution < -0.4 is 9.62 Å². The molecule has 0 saturated carbocycles. The van der Waals surface area contributed by atoms with Gasteiger partial charge >= 0.3 is 0 Å². The maximum atomic E-state index is 11.7. The number of hydrogen-bond donors (Lipinski definition) is 1. The van der Waals surface area contributed by atoms with Crippen LogP contribution in [0.2, 0.25) is 0 Å². The molecule has 0 aromatic heterocycles. The van der Waals surface area contributed by atoms with Crippen molar-refractivity contribution in [1.82, 2.24) is 0 Å². The fourth-order valence-corrected chi connectivity index (χ4v) is 2.99. The van der Waals surface area contributed by atoms with E-state index in [1.54, 1.807) is 29.2 Å². The minimum Gasteiger partial charge on any atom is -0.311 e. The van der Waals surface area contributed by atoms with Crippen LogP contribution in [0.3, 0.4) is 0 Å². The Bertz CT molecular complexity index is 573. The predicted molar refractivity (Wildman–Crippen MR) is 74.6 cm³/mol. The Hall–Kier alpha value is -1.08. The number of alkyl halides is 1. The van der Waals surface area contributed by atoms with Crippen LogP contribution in [-0.4, -0.2) is 32.0 Å². The summed E-state index contributed by atoms with van der Waals surface area (Å²) in [5, 5.41) is 0. The van der Waals surface area contributed by atoms with Gasteiger partial charge in [-0.2, -0.15) is 0 Å². The van der Waals surface area contributed by atoms with Gasteiger partial charge in [0, 0.05) is 23.5 Å². The molecule has 2 rings (SSSR count). The average molecular weight is 333 g/mol. The van der Waals surface area contributed by atoms with Gasteiger partial charge < -0.3 is 4.90 Å². The molecule has 0 radical (unpaired) electrons. The van der Waals surface area contributed by atoms with Crippen molar-refractivity contribution in [3.63, 3.8) is 0 Å². The molecule has 1 fully saturated rings. The highest BCUT2D eigenvalue weighted by Crippen LogP contribution is 2.27. The molecule has 1 aromatic carbocycles. The van der Waals surface area contributed by atoms with Crippen molar-refractivity contribution in [1.29, 1.82) is 0 Å². The molecule has 0 spiro atoms. The van der Waals surface area contributed by atoms with Gasteiger partial charge in [-0.1, -0.05) is 22.0 Å². The van der Waals surface area contributed by atoms with Crippen LogP contribution in [-0.2, 0) is 14.8 Å². The fourth-order valence-electron chi connectivity index (χ4n) is 1.86. The quantitative estimate of drug-likeness (QED) is 0.854. The number of nitrogens with zero attached hydrogens (tertiary/aromatic N) is 1. The summed E-state index contributed by atoms with van der Waals surface area (Å²) in [5.41, 5.74) is 1.16. The predicted octanol–water partition coefficient (Wildman–Crippen LogP) is 1.56. The topological polar surface area (TPSA) is 66.5 Å². The van der Waals surface area contributed by atoms with Gasteiger partial charge in [-0.05, 0) is 18.2 Å². The molecule has 1 aliphatic heterocycles. The van der Waals surface area contributed by atoms with Gasteiger partial charge in [0.2, 0.25) is 15.9 Å². The highest BCUT2D eigenvalue weighted by Gasteiger charge is 2.28. The van der Waals surface area contributed by atoms with Crippen LogP contribution in [0.1, 0.15) is 6.42 Å². The van der Waals surface area contributed by atoms with E-state index in [4.69, 9.17) is 0 Å². The van der Waals surface area contributed by atoms with Crippen molar-refractivity contribution >= 4 is 43.2 Å². The lowest BCUT2D eigenvalue weighted by Crippen LogP contribution is -2.24. The van der Waals surface area contributed by atoms with Crippen LogP contribution in [0.15, 0.2) is 24.3 Å². The van der Waals surface area contributed by atoms with Crippen molar-refractivity contribution in [3.05, 3.63) is 24.3 Å². The molecule has 0 bridgehead atoms. The van der Waals surface area contributed by atoms with Crippen molar-refractivity contribution in [2.75, 3.05) is 22.4 Å². The summed E-state index contributed by atoms with van der Waals surface area (Å²) in [4.78, 5) is 13.5. The first kappa shape index (κ1) is 13.4. The molecule has 1 heterocycles. The van der Waals surface area contributed by atoms with Gasteiger partial charge in [0.1, 0.15) is 0 Å². The molecule has 98 valence electrons. The van der Waals surface area contributed by atoms with Crippen molar-refractivity contribution in [2.45, 2.75) is 11.2 Å². The molecule has 0 aliphatic carbocycles. The lowest BCUT2D eigenvalue weighted by Gasteiger charge is -2.17. The second-order valence-electron chi connectivity index (χ2n) is 4.23. The van der Waals surface area contributed by atoms with E-state index >= 15 is 0 Å². The maximum absolute atomic E-state index is 11.7. The number of anilines is 2. The van der Waals surface area contributed by atoms with E-state index < -0.39 is 10.0 Å². The molecule has 1 atom stereocenters. The Morgan fingerprint density at radius 3 is 2.72 bits per heavy atom. The van der Waals surface area contributed by atoms with Crippen molar-refractivity contribution in [2.24, 2.45) is 0 Å². The van der Waals surface area contributed by atoms with Crippen LogP contribution >= 0.6 is 15.9 Å². The van der Waals surface area contributed by atoms with E-state index in [-0.39, 0.29) is 10.7 Å². The minimum atomic E-state index is -3.30. The first-order valence-electron chi connectivity index (χ1n) is 5.37. The highest BCUT2D eigenvalue weighted by atomic mass is 79.9. The SMILES string of the molecule is CS(=O)(=O)Nc1cccc(N2CC(Br)CC2=O)c1. The third-order valence-electron chi connectivity index (χ3n) is 2.54. The molecular weight excluding hydrogens is 320 g/mol. The summed E-state index contributed by atoms with van der Waals surface area (Å²) in [6.07, 6.45) is 1.55. The molecule has 1 aromatic rings. The summed E-state index contributed by atoms with van der Waals surface area (Å²) < 4.78 is 24.7. The first-order chi connectivity index (χ1) is 8.35. The molecule has 1 unspecified atom stereocenters. The third kappa shape index (κ3) is 3.23. The molecule has 18 heavy (non-hydrogen) atoms. The van der Waals surface area contributed by atoms with E-state index in [0.717, 1.165) is 6.26 Å². The Kier molecular flexibility index (Phi) is 3.63.